The molecule has 0 aliphatic heterocycles. The predicted molar refractivity (Wildman–Crippen MR) is 258 cm³/mol. The Labute approximate surface area is 377 Å². The zero-order valence-electron chi connectivity index (χ0n) is 40.1. The van der Waals surface area contributed by atoms with Gasteiger partial charge in [0.15, 0.2) is 6.10 Å². The summed E-state index contributed by atoms with van der Waals surface area (Å²) in [6.45, 7) is 3.73. The molecule has 2 N–H and O–H groups in total. The Hall–Kier alpha value is -1.47. The van der Waals surface area contributed by atoms with E-state index in [1.807, 2.05) is 0 Å². The van der Waals surface area contributed by atoms with Crippen LogP contribution in [0.1, 0.15) is 277 Å². The number of carbonyl (C=O) groups excluding carboxylic acids is 2. The molecular weight excluding hydrogens is 784 g/mol. The molecule has 0 aliphatic carbocycles. The van der Waals surface area contributed by atoms with Crippen LogP contribution in [0.3, 0.4) is 0 Å². The van der Waals surface area contributed by atoms with Gasteiger partial charge in [0.05, 0.1) is 6.61 Å². The first-order valence-corrected chi connectivity index (χ1v) is 27.7. The van der Waals surface area contributed by atoms with E-state index in [-0.39, 0.29) is 19.4 Å². The molecule has 0 amide bonds. The molecule has 360 valence electrons. The van der Waals surface area contributed by atoms with E-state index in [4.69, 9.17) is 19.3 Å². The molecule has 61 heavy (non-hydrogen) atoms. The van der Waals surface area contributed by atoms with Crippen molar-refractivity contribution < 1.29 is 37.9 Å². The number of hydrogen-bond acceptors (Lipinski definition) is 6. The van der Waals surface area contributed by atoms with Gasteiger partial charge in [-0.3, -0.25) is 14.1 Å². The van der Waals surface area contributed by atoms with Crippen molar-refractivity contribution in [3.05, 3.63) is 24.3 Å². The van der Waals surface area contributed by atoms with Crippen molar-refractivity contribution in [2.45, 2.75) is 283 Å². The van der Waals surface area contributed by atoms with Crippen molar-refractivity contribution in [3.8, 4) is 0 Å². The molecule has 0 aromatic heterocycles. The fourth-order valence-electron chi connectivity index (χ4n) is 7.82. The zero-order chi connectivity index (χ0) is 44.6. The van der Waals surface area contributed by atoms with Crippen molar-refractivity contribution in [3.63, 3.8) is 0 Å². The van der Waals surface area contributed by atoms with Crippen LogP contribution in [0.2, 0.25) is 0 Å². The highest BCUT2D eigenvalue weighted by molar-refractivity contribution is 7.46. The molecule has 0 aromatic rings. The van der Waals surface area contributed by atoms with Crippen LogP contribution in [0, 0.1) is 0 Å². The predicted octanol–water partition coefficient (Wildman–Crippen LogP) is 16.7. The first-order valence-electron chi connectivity index (χ1n) is 26.1. The maximum atomic E-state index is 12.5. The van der Waals surface area contributed by atoms with Gasteiger partial charge in [-0.05, 0) is 44.9 Å². The van der Waals surface area contributed by atoms with E-state index in [1.165, 1.54) is 193 Å². The Balaban J connectivity index is 3.78. The molecule has 9 heteroatoms. The zero-order valence-corrected chi connectivity index (χ0v) is 41.0. The van der Waals surface area contributed by atoms with E-state index in [0.717, 1.165) is 51.4 Å². The molecule has 0 saturated carbocycles. The Kier molecular flexibility index (Phi) is 46.8. The lowest BCUT2D eigenvalue weighted by molar-refractivity contribution is -0.161. The van der Waals surface area contributed by atoms with Crippen LogP contribution in [0.5, 0.6) is 0 Å². The summed E-state index contributed by atoms with van der Waals surface area (Å²) in [5, 5.41) is 0. The van der Waals surface area contributed by atoms with Crippen molar-refractivity contribution in [2.75, 3.05) is 13.2 Å². The molecule has 0 saturated heterocycles. The summed E-state index contributed by atoms with van der Waals surface area (Å²) < 4.78 is 26.6. The fraction of sp³-hybridized carbons (Fsp3) is 0.885. The second-order valence-electron chi connectivity index (χ2n) is 17.9. The number of unbranched alkanes of at least 4 members (excludes halogenated alkanes) is 35. The SMILES string of the molecule is CCCCCCC/C=C\C/C=C\CCCCCCCCCCCC(=O)OC(COC(=O)CCCCCCCCCCCCCCCCCCCCCCCC)COP(=O)(O)O. The molecule has 0 aromatic carbocycles. The molecule has 0 heterocycles. The summed E-state index contributed by atoms with van der Waals surface area (Å²) in [5.41, 5.74) is 0. The summed E-state index contributed by atoms with van der Waals surface area (Å²) in [7, 11) is -4.76. The number of allylic oxidation sites excluding steroid dienone is 4. The van der Waals surface area contributed by atoms with Crippen LogP contribution < -0.4 is 0 Å². The van der Waals surface area contributed by atoms with Crippen molar-refractivity contribution in [1.29, 1.82) is 0 Å². The first kappa shape index (κ1) is 59.5. The lowest BCUT2D eigenvalue weighted by atomic mass is 10.0. The molecular formula is C52H99O8P. The van der Waals surface area contributed by atoms with E-state index in [1.54, 1.807) is 0 Å². The molecule has 8 nitrogen and oxygen atoms in total. The van der Waals surface area contributed by atoms with Crippen LogP contribution in [0.4, 0.5) is 0 Å². The van der Waals surface area contributed by atoms with Crippen molar-refractivity contribution >= 4 is 19.8 Å². The van der Waals surface area contributed by atoms with E-state index >= 15 is 0 Å². The molecule has 0 aliphatic rings. The third-order valence-electron chi connectivity index (χ3n) is 11.7. The van der Waals surface area contributed by atoms with E-state index < -0.39 is 32.5 Å². The minimum Gasteiger partial charge on any atom is -0.462 e. The molecule has 0 fully saturated rings. The van der Waals surface area contributed by atoms with E-state index in [0.29, 0.717) is 6.42 Å². The Morgan fingerprint density at radius 1 is 0.426 bits per heavy atom. The van der Waals surface area contributed by atoms with Gasteiger partial charge in [-0.25, -0.2) is 4.57 Å². The number of carbonyl (C=O) groups is 2. The van der Waals surface area contributed by atoms with Crippen LogP contribution >= 0.6 is 7.82 Å². The second-order valence-corrected chi connectivity index (χ2v) is 19.1. The maximum Gasteiger partial charge on any atom is 0.469 e. The van der Waals surface area contributed by atoms with Gasteiger partial charge in [-0.1, -0.05) is 244 Å². The number of hydrogen-bond donors (Lipinski definition) is 2. The van der Waals surface area contributed by atoms with Crippen molar-refractivity contribution in [1.82, 2.24) is 0 Å². The monoisotopic (exact) mass is 883 g/mol. The highest BCUT2D eigenvalue weighted by Crippen LogP contribution is 2.36. The van der Waals surface area contributed by atoms with Crippen LogP contribution in [0.25, 0.3) is 0 Å². The summed E-state index contributed by atoms with van der Waals surface area (Å²) in [6, 6.07) is 0. The smallest absolute Gasteiger partial charge is 0.462 e. The Bertz CT molecular complexity index is 1040. The van der Waals surface area contributed by atoms with Crippen LogP contribution in [0.15, 0.2) is 24.3 Å². The van der Waals surface area contributed by atoms with Gasteiger partial charge in [0, 0.05) is 12.8 Å². The number of ether oxygens (including phenoxy) is 2. The van der Waals surface area contributed by atoms with Gasteiger partial charge < -0.3 is 19.3 Å². The van der Waals surface area contributed by atoms with Crippen molar-refractivity contribution in [2.24, 2.45) is 0 Å². The molecule has 0 rings (SSSR count). The number of phosphoric ester groups is 1. The van der Waals surface area contributed by atoms with Gasteiger partial charge in [0.2, 0.25) is 0 Å². The van der Waals surface area contributed by atoms with Gasteiger partial charge in [-0.15, -0.1) is 0 Å². The standard InChI is InChI=1S/C52H99O8P/c1-3-5-7-9-11-13-15-17-19-21-23-25-27-28-30-32-34-36-38-40-42-44-46-51(53)58-48-50(49-59-61(55,56)57)60-52(54)47-45-43-41-39-37-35-33-31-29-26-24-22-20-18-16-14-12-10-8-6-4-2/h16,18,22,24,50H,3-15,17,19-21,23,25-49H2,1-2H3,(H2,55,56,57)/b18-16-,24-22-. The van der Waals surface area contributed by atoms with E-state index in [9.17, 15) is 14.2 Å². The Morgan fingerprint density at radius 2 is 0.738 bits per heavy atom. The molecule has 0 bridgehead atoms. The van der Waals surface area contributed by atoms with Crippen LogP contribution in [-0.2, 0) is 28.2 Å². The highest BCUT2D eigenvalue weighted by Gasteiger charge is 2.23. The summed E-state index contributed by atoms with van der Waals surface area (Å²) >= 11 is 0. The van der Waals surface area contributed by atoms with E-state index in [2.05, 4.69) is 42.7 Å². The van der Waals surface area contributed by atoms with Gasteiger partial charge >= 0.3 is 19.8 Å². The summed E-state index contributed by atoms with van der Waals surface area (Å²) in [5.74, 6) is -0.873. The number of rotatable bonds is 49. The number of phosphoric acid groups is 1. The van der Waals surface area contributed by atoms with Gasteiger partial charge in [-0.2, -0.15) is 0 Å². The minimum atomic E-state index is -4.76. The third kappa shape index (κ3) is 51.0. The largest absolute Gasteiger partial charge is 0.469 e. The highest BCUT2D eigenvalue weighted by atomic mass is 31.2. The van der Waals surface area contributed by atoms with Crippen LogP contribution in [-0.4, -0.2) is 41.0 Å². The minimum absolute atomic E-state index is 0.211. The molecule has 1 unspecified atom stereocenters. The molecule has 0 spiro atoms. The number of esters is 2. The third-order valence-corrected chi connectivity index (χ3v) is 12.2. The topological polar surface area (TPSA) is 119 Å². The molecule has 0 radical (unpaired) electrons. The van der Waals surface area contributed by atoms with Gasteiger partial charge in [0.25, 0.3) is 0 Å². The lowest BCUT2D eigenvalue weighted by Crippen LogP contribution is -2.29. The average Bonchev–Trinajstić information content (AvgIpc) is 3.23. The second kappa shape index (κ2) is 48.0. The average molecular weight is 883 g/mol. The fourth-order valence-corrected chi connectivity index (χ4v) is 8.18. The lowest BCUT2D eigenvalue weighted by Gasteiger charge is -2.18. The van der Waals surface area contributed by atoms with Gasteiger partial charge in [0.1, 0.15) is 6.61 Å². The molecule has 1 atom stereocenters. The first-order chi connectivity index (χ1) is 29.8. The maximum absolute atomic E-state index is 12.5. The quantitative estimate of drug-likeness (QED) is 0.0268. The summed E-state index contributed by atoms with van der Waals surface area (Å²) in [6.07, 6.45) is 57.7. The normalized spacial score (nSPS) is 12.5. The Morgan fingerprint density at radius 3 is 1.08 bits per heavy atom. The summed E-state index contributed by atoms with van der Waals surface area (Å²) in [4.78, 5) is 43.1.